The van der Waals surface area contributed by atoms with Gasteiger partial charge in [0.05, 0.1) is 30.7 Å². The molecule has 0 saturated carbocycles. The maximum absolute atomic E-state index is 14.1. The van der Waals surface area contributed by atoms with Crippen molar-refractivity contribution in [2.24, 2.45) is 0 Å². The summed E-state index contributed by atoms with van der Waals surface area (Å²) in [4.78, 5) is 17.1. The summed E-state index contributed by atoms with van der Waals surface area (Å²) in [5, 5.41) is 5.44. The number of aromatic nitrogens is 4. The van der Waals surface area contributed by atoms with E-state index in [4.69, 9.17) is 4.74 Å². The molecule has 3 heterocycles. The summed E-state index contributed by atoms with van der Waals surface area (Å²) in [5.74, 6) is -0.759. The molecule has 2 unspecified atom stereocenters. The molecule has 0 aliphatic carbocycles. The molecule has 25 heavy (non-hydrogen) atoms. The van der Waals surface area contributed by atoms with Crippen molar-refractivity contribution < 1.29 is 13.9 Å². The fraction of sp³-hybridized carbons (Fsp3) is 0.389. The topological polar surface area (TPSA) is 61.9 Å². The molecule has 6 nitrogen and oxygen atoms in total. The largest absolute Gasteiger partial charge is 0.464 e. The van der Waals surface area contributed by atoms with Gasteiger partial charge in [0, 0.05) is 23.2 Å². The van der Waals surface area contributed by atoms with Crippen LogP contribution in [0.2, 0.25) is 0 Å². The molecule has 0 saturated heterocycles. The van der Waals surface area contributed by atoms with Crippen LogP contribution in [-0.2, 0) is 16.1 Å². The van der Waals surface area contributed by atoms with Gasteiger partial charge in [-0.05, 0) is 13.0 Å². The van der Waals surface area contributed by atoms with E-state index in [0.29, 0.717) is 5.69 Å². The molecule has 1 aliphatic rings. The van der Waals surface area contributed by atoms with Crippen molar-refractivity contribution in [1.29, 1.82) is 0 Å². The van der Waals surface area contributed by atoms with Gasteiger partial charge in [-0.2, -0.15) is 5.10 Å². The number of fused-ring (bicyclic) bond motifs is 2. The van der Waals surface area contributed by atoms with Gasteiger partial charge < -0.3 is 9.30 Å². The molecule has 0 spiro atoms. The Hall–Kier alpha value is -2.70. The highest BCUT2D eigenvalue weighted by Gasteiger charge is 2.38. The third-order valence-corrected chi connectivity index (χ3v) is 4.72. The number of hydrogen-bond acceptors (Lipinski definition) is 4. The van der Waals surface area contributed by atoms with E-state index in [1.807, 2.05) is 31.2 Å². The molecule has 3 atom stereocenters. The molecule has 4 rings (SSSR count). The van der Waals surface area contributed by atoms with Gasteiger partial charge in [0.25, 0.3) is 0 Å². The summed E-state index contributed by atoms with van der Waals surface area (Å²) in [6, 6.07) is 6.79. The maximum Gasteiger partial charge on any atom is 0.337 e. The number of carbonyl (C=O) groups is 1. The van der Waals surface area contributed by atoms with Crippen molar-refractivity contribution in [2.45, 2.75) is 38.5 Å². The molecule has 1 aromatic carbocycles. The van der Waals surface area contributed by atoms with Gasteiger partial charge >= 0.3 is 5.97 Å². The van der Waals surface area contributed by atoms with Crippen LogP contribution in [0, 0.1) is 0 Å². The first-order valence-corrected chi connectivity index (χ1v) is 8.39. The van der Waals surface area contributed by atoms with Crippen LogP contribution in [0.25, 0.3) is 10.9 Å². The Morgan fingerprint density at radius 1 is 1.44 bits per heavy atom. The minimum Gasteiger partial charge on any atom is -0.464 e. The number of esters is 1. The van der Waals surface area contributed by atoms with Crippen molar-refractivity contribution in [2.75, 3.05) is 6.61 Å². The molecule has 3 aromatic rings. The number of rotatable bonds is 4. The van der Waals surface area contributed by atoms with Crippen LogP contribution < -0.4 is 0 Å². The van der Waals surface area contributed by atoms with Crippen molar-refractivity contribution in [1.82, 2.24) is 19.3 Å². The van der Waals surface area contributed by atoms with Crippen molar-refractivity contribution in [3.8, 4) is 0 Å². The maximum atomic E-state index is 14.1. The zero-order chi connectivity index (χ0) is 17.6. The van der Waals surface area contributed by atoms with E-state index in [-0.39, 0.29) is 19.1 Å². The second-order valence-electron chi connectivity index (χ2n) is 6.29. The lowest BCUT2D eigenvalue weighted by Crippen LogP contribution is -2.25. The van der Waals surface area contributed by atoms with Crippen LogP contribution in [0.1, 0.15) is 37.2 Å². The van der Waals surface area contributed by atoms with Crippen LogP contribution in [0.15, 0.2) is 36.8 Å². The first kappa shape index (κ1) is 15.8. The molecule has 2 aromatic heterocycles. The third kappa shape index (κ3) is 2.50. The van der Waals surface area contributed by atoms with Crippen LogP contribution in [0.3, 0.4) is 0 Å². The number of carbonyl (C=O) groups excluding carboxylic acids is 1. The number of alkyl halides is 1. The van der Waals surface area contributed by atoms with Gasteiger partial charge in [-0.1, -0.05) is 25.1 Å². The molecule has 0 radical (unpaired) electrons. The fourth-order valence-corrected chi connectivity index (χ4v) is 3.46. The number of benzene rings is 1. The first-order chi connectivity index (χ1) is 12.1. The Labute approximate surface area is 144 Å². The van der Waals surface area contributed by atoms with Gasteiger partial charge in [0.2, 0.25) is 0 Å². The quantitative estimate of drug-likeness (QED) is 0.684. The second-order valence-corrected chi connectivity index (χ2v) is 6.29. The monoisotopic (exact) mass is 342 g/mol. The van der Waals surface area contributed by atoms with Crippen molar-refractivity contribution in [3.05, 3.63) is 48.2 Å². The lowest BCUT2D eigenvalue weighted by molar-refractivity contribution is -0.146. The summed E-state index contributed by atoms with van der Waals surface area (Å²) in [5.41, 5.74) is 2.04. The Bertz CT molecular complexity index is 899. The lowest BCUT2D eigenvalue weighted by Gasteiger charge is -2.17. The normalized spacial score (nSPS) is 20.6. The predicted octanol–water partition coefficient (Wildman–Crippen LogP) is 2.84. The lowest BCUT2D eigenvalue weighted by atomic mass is 10.0. The summed E-state index contributed by atoms with van der Waals surface area (Å²) in [7, 11) is 0. The van der Waals surface area contributed by atoms with E-state index in [0.717, 1.165) is 16.6 Å². The van der Waals surface area contributed by atoms with Gasteiger partial charge in [0.1, 0.15) is 6.17 Å². The van der Waals surface area contributed by atoms with Crippen molar-refractivity contribution in [3.63, 3.8) is 0 Å². The zero-order valence-corrected chi connectivity index (χ0v) is 14.1. The Kier molecular flexibility index (Phi) is 3.78. The molecule has 0 N–H and O–H groups in total. The number of halogens is 1. The van der Waals surface area contributed by atoms with Crippen LogP contribution in [-0.4, -0.2) is 38.1 Å². The highest BCUT2D eigenvalue weighted by atomic mass is 19.1. The number of ether oxygens (including phenoxy) is 1. The molecule has 0 amide bonds. The van der Waals surface area contributed by atoms with Crippen LogP contribution in [0.5, 0.6) is 0 Å². The SMILES string of the molecule is CCOC(=O)C(c1ncn2c1C(C)[C@@H](F)C2)n1cc2ccccc2n1. The number of nitrogens with zero attached hydrogens (tertiary/aromatic N) is 4. The predicted molar refractivity (Wildman–Crippen MR) is 90.0 cm³/mol. The molecule has 1 aliphatic heterocycles. The zero-order valence-electron chi connectivity index (χ0n) is 14.1. The van der Waals surface area contributed by atoms with Crippen LogP contribution >= 0.6 is 0 Å². The minimum atomic E-state index is -0.976. The molecular weight excluding hydrogens is 323 g/mol. The van der Waals surface area contributed by atoms with Gasteiger partial charge in [-0.3, -0.25) is 4.68 Å². The fourth-order valence-electron chi connectivity index (χ4n) is 3.46. The number of imidazole rings is 1. The van der Waals surface area contributed by atoms with Gasteiger partial charge in [-0.25, -0.2) is 14.2 Å². The summed E-state index contributed by atoms with van der Waals surface area (Å²) < 4.78 is 22.7. The smallest absolute Gasteiger partial charge is 0.337 e. The Morgan fingerprint density at radius 2 is 2.24 bits per heavy atom. The summed E-state index contributed by atoms with van der Waals surface area (Å²) >= 11 is 0. The van der Waals surface area contributed by atoms with E-state index in [1.54, 1.807) is 28.7 Å². The number of hydrogen-bond donors (Lipinski definition) is 0. The Morgan fingerprint density at radius 3 is 3.00 bits per heavy atom. The molecule has 130 valence electrons. The average molecular weight is 342 g/mol. The molecule has 0 fully saturated rings. The van der Waals surface area contributed by atoms with Gasteiger partial charge in [-0.15, -0.1) is 0 Å². The first-order valence-electron chi connectivity index (χ1n) is 8.39. The highest BCUT2D eigenvalue weighted by molar-refractivity contribution is 5.81. The van der Waals surface area contributed by atoms with Gasteiger partial charge in [0.15, 0.2) is 6.04 Å². The van der Waals surface area contributed by atoms with Crippen LogP contribution in [0.4, 0.5) is 4.39 Å². The molecule has 7 heteroatoms. The van der Waals surface area contributed by atoms with E-state index in [2.05, 4.69) is 10.1 Å². The van der Waals surface area contributed by atoms with Crippen molar-refractivity contribution >= 4 is 16.9 Å². The second kappa shape index (κ2) is 5.98. The van der Waals surface area contributed by atoms with E-state index >= 15 is 0 Å². The standard InChI is InChI=1S/C18H19FN4O2/c1-3-25-18(24)17(23-8-12-6-4-5-7-14(12)21-23)15-16-11(2)13(19)9-22(16)10-20-15/h4-8,10-11,13,17H,3,9H2,1-2H3/t11?,13-,17?/m0/s1. The molecular formula is C18H19FN4O2. The Balaban J connectivity index is 1.84. The summed E-state index contributed by atoms with van der Waals surface area (Å²) in [6.45, 7) is 4.09. The molecule has 0 bridgehead atoms. The van der Waals surface area contributed by atoms with E-state index < -0.39 is 18.2 Å². The minimum absolute atomic E-state index is 0.257. The average Bonchev–Trinajstić information content (AvgIpc) is 3.25. The third-order valence-electron chi connectivity index (χ3n) is 4.72. The van der Waals surface area contributed by atoms with E-state index in [1.165, 1.54) is 0 Å². The summed E-state index contributed by atoms with van der Waals surface area (Å²) in [6.07, 6.45) is 2.42. The van der Waals surface area contributed by atoms with E-state index in [9.17, 15) is 9.18 Å². The highest BCUT2D eigenvalue weighted by Crippen LogP contribution is 2.36.